The molecule has 0 aromatic carbocycles. The van der Waals surface area contributed by atoms with Crippen LogP contribution in [0.3, 0.4) is 0 Å². The van der Waals surface area contributed by atoms with Crippen LogP contribution in [0.1, 0.15) is 77.8 Å². The summed E-state index contributed by atoms with van der Waals surface area (Å²) in [6.45, 7) is 5.63. The van der Waals surface area contributed by atoms with Gasteiger partial charge in [0.2, 0.25) is 0 Å². The van der Waals surface area contributed by atoms with Crippen LogP contribution in [-0.4, -0.2) is 51.1 Å². The average Bonchev–Trinajstić information content (AvgIpc) is 3.39. The molecule has 194 valence electrons. The van der Waals surface area contributed by atoms with Gasteiger partial charge in [0.25, 0.3) is 0 Å². The number of aliphatic carboxylic acids is 1. The zero-order chi connectivity index (χ0) is 25.2. The predicted molar refractivity (Wildman–Crippen MR) is 128 cm³/mol. The Morgan fingerprint density at radius 2 is 1.63 bits per heavy atom. The van der Waals surface area contributed by atoms with E-state index in [-0.39, 0.29) is 6.42 Å². The number of rotatable bonds is 6. The monoisotopic (exact) mass is 489 g/mol. The zero-order valence-corrected chi connectivity index (χ0v) is 21.1. The van der Waals surface area contributed by atoms with Crippen molar-refractivity contribution in [1.29, 1.82) is 0 Å². The molecule has 1 aromatic heterocycles. The highest BCUT2D eigenvalue weighted by molar-refractivity contribution is 5.80. The Bertz CT molecular complexity index is 900. The molecule has 5 atom stereocenters. The van der Waals surface area contributed by atoms with Gasteiger partial charge in [-0.15, -0.1) is 0 Å². The van der Waals surface area contributed by atoms with E-state index in [0.29, 0.717) is 30.1 Å². The lowest BCUT2D eigenvalue weighted by Crippen LogP contribution is -2.43. The van der Waals surface area contributed by atoms with Crippen molar-refractivity contribution in [3.63, 3.8) is 0 Å². The Labute approximate surface area is 207 Å². The van der Waals surface area contributed by atoms with Crippen LogP contribution in [0, 0.1) is 29.6 Å². The van der Waals surface area contributed by atoms with Gasteiger partial charge in [0.15, 0.2) is 0 Å². The molecule has 1 heterocycles. The fourth-order valence-electron chi connectivity index (χ4n) is 6.72. The molecule has 2 N–H and O–H groups in total. The van der Waals surface area contributed by atoms with Gasteiger partial charge < -0.3 is 19.9 Å². The summed E-state index contributed by atoms with van der Waals surface area (Å²) in [7, 11) is 0. The number of carbonyl (C=O) groups excluding carboxylic acids is 2. The minimum absolute atomic E-state index is 0.0704. The van der Waals surface area contributed by atoms with Crippen molar-refractivity contribution in [3.05, 3.63) is 18.2 Å². The summed E-state index contributed by atoms with van der Waals surface area (Å²) < 4.78 is 12.1. The molecule has 5 unspecified atom stereocenters. The second-order valence-corrected chi connectivity index (χ2v) is 11.5. The SMILES string of the molecule is CC(C)(C)OC(=O)n1cnc(CC(NC(=O)OCC2C3CCCCC3C3CCCCC32)C(=O)O)c1. The van der Waals surface area contributed by atoms with Crippen LogP contribution in [0.4, 0.5) is 9.59 Å². The van der Waals surface area contributed by atoms with Crippen LogP contribution in [0.5, 0.6) is 0 Å². The van der Waals surface area contributed by atoms with Crippen molar-refractivity contribution in [3.8, 4) is 0 Å². The van der Waals surface area contributed by atoms with Crippen LogP contribution in [0.2, 0.25) is 0 Å². The molecule has 0 aliphatic heterocycles. The molecule has 3 aliphatic rings. The van der Waals surface area contributed by atoms with Gasteiger partial charge in [-0.3, -0.25) is 0 Å². The summed E-state index contributed by atoms with van der Waals surface area (Å²) in [5, 5.41) is 12.1. The van der Waals surface area contributed by atoms with Crippen molar-refractivity contribution < 1.29 is 29.0 Å². The first-order chi connectivity index (χ1) is 16.6. The molecule has 3 saturated carbocycles. The molecule has 0 bridgehead atoms. The van der Waals surface area contributed by atoms with Crippen LogP contribution < -0.4 is 5.32 Å². The summed E-state index contributed by atoms with van der Waals surface area (Å²) >= 11 is 0. The zero-order valence-electron chi connectivity index (χ0n) is 21.1. The van der Waals surface area contributed by atoms with Gasteiger partial charge in [-0.25, -0.2) is 23.9 Å². The standard InChI is InChI=1S/C26H39N3O6/c1-26(2,3)35-25(33)29-13-16(27-15-29)12-22(23(30)31)28-24(32)34-14-21-19-10-6-4-8-17(19)18-9-5-7-11-20(18)21/h13,15,17-22H,4-12,14H2,1-3H3,(H,28,32)(H,30,31). The summed E-state index contributed by atoms with van der Waals surface area (Å²) in [6, 6.07) is -1.21. The van der Waals surface area contributed by atoms with E-state index in [1.807, 2.05) is 0 Å². The third-order valence-electron chi connectivity index (χ3n) is 8.05. The van der Waals surface area contributed by atoms with E-state index in [0.717, 1.165) is 11.8 Å². The highest BCUT2D eigenvalue weighted by atomic mass is 16.6. The van der Waals surface area contributed by atoms with Gasteiger partial charge >= 0.3 is 18.2 Å². The topological polar surface area (TPSA) is 120 Å². The van der Waals surface area contributed by atoms with Gasteiger partial charge in [-0.2, -0.15) is 0 Å². The number of nitrogens with one attached hydrogen (secondary N) is 1. The molecule has 1 aromatic rings. The van der Waals surface area contributed by atoms with E-state index in [2.05, 4.69) is 10.3 Å². The minimum atomic E-state index is -1.21. The Morgan fingerprint density at radius 3 is 2.17 bits per heavy atom. The number of carbonyl (C=O) groups is 3. The number of ether oxygens (including phenoxy) is 2. The maximum Gasteiger partial charge on any atom is 0.419 e. The third-order valence-corrected chi connectivity index (χ3v) is 8.05. The summed E-state index contributed by atoms with van der Waals surface area (Å²) in [4.78, 5) is 40.7. The van der Waals surface area contributed by atoms with Crippen molar-refractivity contribution in [2.45, 2.75) is 90.2 Å². The lowest BCUT2D eigenvalue weighted by molar-refractivity contribution is -0.139. The van der Waals surface area contributed by atoms with Crippen molar-refractivity contribution in [1.82, 2.24) is 14.9 Å². The van der Waals surface area contributed by atoms with Gasteiger partial charge in [-0.1, -0.05) is 25.7 Å². The molecule has 4 rings (SSSR count). The van der Waals surface area contributed by atoms with Gasteiger partial charge in [0.1, 0.15) is 18.0 Å². The number of nitrogens with zero attached hydrogens (tertiary/aromatic N) is 2. The van der Waals surface area contributed by atoms with Gasteiger partial charge in [0, 0.05) is 12.6 Å². The molecular formula is C26H39N3O6. The maximum absolute atomic E-state index is 12.6. The molecule has 0 spiro atoms. The number of hydrogen-bond donors (Lipinski definition) is 2. The molecule has 3 fully saturated rings. The van der Waals surface area contributed by atoms with E-state index in [1.165, 1.54) is 68.5 Å². The van der Waals surface area contributed by atoms with Crippen LogP contribution in [0.25, 0.3) is 0 Å². The van der Waals surface area contributed by atoms with Crippen LogP contribution in [-0.2, 0) is 20.7 Å². The summed E-state index contributed by atoms with van der Waals surface area (Å²) in [5.74, 6) is 1.96. The largest absolute Gasteiger partial charge is 0.480 e. The van der Waals surface area contributed by atoms with Crippen LogP contribution in [0.15, 0.2) is 12.5 Å². The van der Waals surface area contributed by atoms with Gasteiger partial charge in [-0.05, 0) is 76.0 Å². The number of alkyl carbamates (subject to hydrolysis) is 1. The first-order valence-corrected chi connectivity index (χ1v) is 13.0. The molecule has 0 saturated heterocycles. The normalized spacial score (nSPS) is 28.9. The molecule has 3 aliphatic carbocycles. The number of fused-ring (bicyclic) bond motifs is 3. The van der Waals surface area contributed by atoms with Crippen LogP contribution >= 0.6 is 0 Å². The third kappa shape index (κ3) is 6.16. The van der Waals surface area contributed by atoms with E-state index in [4.69, 9.17) is 9.47 Å². The fraction of sp³-hybridized carbons (Fsp3) is 0.769. The number of carboxylic acids is 1. The van der Waals surface area contributed by atoms with E-state index in [9.17, 15) is 19.5 Å². The molecule has 1 amide bonds. The Balaban J connectivity index is 1.32. The molecule has 9 nitrogen and oxygen atoms in total. The highest BCUT2D eigenvalue weighted by Crippen LogP contribution is 2.57. The molecular weight excluding hydrogens is 450 g/mol. The fourth-order valence-corrected chi connectivity index (χ4v) is 6.72. The van der Waals surface area contributed by atoms with Crippen molar-refractivity contribution >= 4 is 18.2 Å². The number of hydrogen-bond acceptors (Lipinski definition) is 6. The molecule has 0 radical (unpaired) electrons. The Hall–Kier alpha value is -2.58. The Kier molecular flexibility index (Phi) is 7.71. The second kappa shape index (κ2) is 10.6. The minimum Gasteiger partial charge on any atom is -0.480 e. The second-order valence-electron chi connectivity index (χ2n) is 11.5. The van der Waals surface area contributed by atoms with Crippen molar-refractivity contribution in [2.24, 2.45) is 29.6 Å². The number of carboxylic acid groups (broad SMARTS) is 1. The summed E-state index contributed by atoms with van der Waals surface area (Å²) in [5.41, 5.74) is -0.306. The first-order valence-electron chi connectivity index (χ1n) is 13.0. The summed E-state index contributed by atoms with van der Waals surface area (Å²) in [6.07, 6.45) is 11.5. The van der Waals surface area contributed by atoms with E-state index in [1.54, 1.807) is 20.8 Å². The maximum atomic E-state index is 12.6. The van der Waals surface area contributed by atoms with Gasteiger partial charge in [0.05, 0.1) is 12.3 Å². The lowest BCUT2D eigenvalue weighted by atomic mass is 9.73. The smallest absolute Gasteiger partial charge is 0.419 e. The number of aromatic nitrogens is 2. The quantitative estimate of drug-likeness (QED) is 0.598. The highest BCUT2D eigenvalue weighted by Gasteiger charge is 2.51. The lowest BCUT2D eigenvalue weighted by Gasteiger charge is -2.32. The van der Waals surface area contributed by atoms with Crippen molar-refractivity contribution in [2.75, 3.05) is 6.61 Å². The average molecular weight is 490 g/mol. The number of imidazole rings is 1. The first kappa shape index (κ1) is 25.5. The predicted octanol–water partition coefficient (Wildman–Crippen LogP) is 4.63. The number of amides is 1. The van der Waals surface area contributed by atoms with E-state index >= 15 is 0 Å². The van der Waals surface area contributed by atoms with E-state index < -0.39 is 29.8 Å². The molecule has 9 heteroatoms. The Morgan fingerprint density at radius 1 is 1.06 bits per heavy atom. The molecule has 35 heavy (non-hydrogen) atoms.